The molecule has 4 nitrogen and oxygen atoms in total. The van der Waals surface area contributed by atoms with E-state index in [0.29, 0.717) is 11.6 Å². The average molecular weight is 277 g/mol. The lowest BCUT2D eigenvalue weighted by Gasteiger charge is -2.04. The number of rotatable bonds is 6. The van der Waals surface area contributed by atoms with E-state index in [1.165, 1.54) is 10.5 Å². The Kier molecular flexibility index (Phi) is 4.85. The normalized spacial score (nSPS) is 10.8. The minimum Gasteiger partial charge on any atom is -0.399 e. The van der Waals surface area contributed by atoms with Crippen LogP contribution >= 0.6 is 11.8 Å². The summed E-state index contributed by atoms with van der Waals surface area (Å²) in [6.45, 7) is 4.21. The standard InChI is InChI=1S/C14H19N3OS/c1-3-4-5-13-16-14(18-17-13)9-19-12-7-6-11(15)8-10(12)2/h6-8H,3-5,9,15H2,1-2H3. The van der Waals surface area contributed by atoms with Gasteiger partial charge in [-0.25, -0.2) is 0 Å². The van der Waals surface area contributed by atoms with Crippen molar-refractivity contribution in [2.75, 3.05) is 5.73 Å². The summed E-state index contributed by atoms with van der Waals surface area (Å²) in [5.41, 5.74) is 7.70. The van der Waals surface area contributed by atoms with Crippen LogP contribution in [0.1, 0.15) is 37.0 Å². The van der Waals surface area contributed by atoms with Crippen molar-refractivity contribution in [3.63, 3.8) is 0 Å². The summed E-state index contributed by atoms with van der Waals surface area (Å²) < 4.78 is 5.24. The molecule has 2 rings (SSSR count). The van der Waals surface area contributed by atoms with Gasteiger partial charge in [0.1, 0.15) is 0 Å². The van der Waals surface area contributed by atoms with Crippen LogP contribution in [0.15, 0.2) is 27.6 Å². The van der Waals surface area contributed by atoms with Crippen LogP contribution in [0.4, 0.5) is 5.69 Å². The van der Waals surface area contributed by atoms with Gasteiger partial charge >= 0.3 is 0 Å². The average Bonchev–Trinajstić information content (AvgIpc) is 2.83. The lowest BCUT2D eigenvalue weighted by molar-refractivity contribution is 0.384. The van der Waals surface area contributed by atoms with E-state index in [1.807, 2.05) is 18.2 Å². The van der Waals surface area contributed by atoms with Crippen LogP contribution in [0.5, 0.6) is 0 Å². The Balaban J connectivity index is 1.92. The van der Waals surface area contributed by atoms with Crippen molar-refractivity contribution in [3.05, 3.63) is 35.5 Å². The number of hydrogen-bond donors (Lipinski definition) is 1. The Bertz CT molecular complexity index is 539. The molecule has 0 amide bonds. The fourth-order valence-corrected chi connectivity index (χ4v) is 2.61. The molecule has 0 fully saturated rings. The first kappa shape index (κ1) is 13.9. The molecule has 2 N–H and O–H groups in total. The first-order valence-electron chi connectivity index (χ1n) is 6.49. The molecule has 19 heavy (non-hydrogen) atoms. The Labute approximate surface area is 117 Å². The van der Waals surface area contributed by atoms with Crippen LogP contribution in [0, 0.1) is 6.92 Å². The second-order valence-electron chi connectivity index (χ2n) is 4.52. The minimum absolute atomic E-state index is 0.687. The van der Waals surface area contributed by atoms with Gasteiger partial charge in [-0.15, -0.1) is 11.8 Å². The highest BCUT2D eigenvalue weighted by Gasteiger charge is 2.07. The van der Waals surface area contributed by atoms with Crippen LogP contribution in [-0.4, -0.2) is 10.1 Å². The topological polar surface area (TPSA) is 64.9 Å². The molecule has 1 heterocycles. The smallest absolute Gasteiger partial charge is 0.237 e. The Hall–Kier alpha value is -1.49. The highest BCUT2D eigenvalue weighted by atomic mass is 32.2. The SMILES string of the molecule is CCCCc1noc(CSc2ccc(N)cc2C)n1. The first-order valence-corrected chi connectivity index (χ1v) is 7.48. The molecule has 0 unspecified atom stereocenters. The number of aryl methyl sites for hydroxylation is 2. The quantitative estimate of drug-likeness (QED) is 0.645. The van der Waals surface area contributed by atoms with E-state index in [-0.39, 0.29) is 0 Å². The van der Waals surface area contributed by atoms with Crippen LogP contribution in [0.25, 0.3) is 0 Å². The van der Waals surface area contributed by atoms with Crippen molar-refractivity contribution in [2.24, 2.45) is 0 Å². The van der Waals surface area contributed by atoms with Crippen LogP contribution < -0.4 is 5.73 Å². The highest BCUT2D eigenvalue weighted by Crippen LogP contribution is 2.26. The molecule has 0 atom stereocenters. The monoisotopic (exact) mass is 277 g/mol. The molecule has 0 saturated carbocycles. The lowest BCUT2D eigenvalue weighted by atomic mass is 10.2. The van der Waals surface area contributed by atoms with Crippen molar-refractivity contribution in [1.82, 2.24) is 10.1 Å². The first-order chi connectivity index (χ1) is 9.19. The summed E-state index contributed by atoms with van der Waals surface area (Å²) in [5, 5.41) is 3.98. The maximum absolute atomic E-state index is 5.73. The summed E-state index contributed by atoms with van der Waals surface area (Å²) in [7, 11) is 0. The third-order valence-electron chi connectivity index (χ3n) is 2.81. The Morgan fingerprint density at radius 1 is 1.37 bits per heavy atom. The third-order valence-corrected chi connectivity index (χ3v) is 3.97. The van der Waals surface area contributed by atoms with Crippen molar-refractivity contribution < 1.29 is 4.52 Å². The zero-order valence-electron chi connectivity index (χ0n) is 11.3. The number of nitrogens with zero attached hydrogens (tertiary/aromatic N) is 2. The number of aromatic nitrogens is 2. The maximum atomic E-state index is 5.73. The van der Waals surface area contributed by atoms with Gasteiger partial charge < -0.3 is 10.3 Å². The van der Waals surface area contributed by atoms with E-state index in [9.17, 15) is 0 Å². The van der Waals surface area contributed by atoms with Gasteiger partial charge in [0, 0.05) is 17.0 Å². The van der Waals surface area contributed by atoms with Crippen LogP contribution in [0.3, 0.4) is 0 Å². The molecular weight excluding hydrogens is 258 g/mol. The van der Waals surface area contributed by atoms with E-state index in [1.54, 1.807) is 11.8 Å². The molecule has 0 radical (unpaired) electrons. The fourth-order valence-electron chi connectivity index (χ4n) is 1.76. The van der Waals surface area contributed by atoms with Crippen LogP contribution in [-0.2, 0) is 12.2 Å². The minimum atomic E-state index is 0.687. The zero-order chi connectivity index (χ0) is 13.7. The fraction of sp³-hybridized carbons (Fsp3) is 0.429. The number of unbranched alkanes of at least 4 members (excludes halogenated alkanes) is 1. The van der Waals surface area contributed by atoms with Gasteiger partial charge in [-0.2, -0.15) is 4.98 Å². The molecular formula is C14H19N3OS. The predicted octanol–water partition coefficient (Wildman–Crippen LogP) is 3.60. The number of anilines is 1. The molecule has 0 aliphatic carbocycles. The summed E-state index contributed by atoms with van der Waals surface area (Å²) in [4.78, 5) is 5.58. The second kappa shape index (κ2) is 6.61. The molecule has 0 bridgehead atoms. The molecule has 0 spiro atoms. The number of nitrogens with two attached hydrogens (primary N) is 1. The molecule has 0 aliphatic rings. The van der Waals surface area contributed by atoms with Crippen molar-refractivity contribution in [3.8, 4) is 0 Å². The van der Waals surface area contributed by atoms with Crippen molar-refractivity contribution in [2.45, 2.75) is 43.8 Å². The second-order valence-corrected chi connectivity index (χ2v) is 5.54. The number of nitrogen functional groups attached to an aromatic ring is 1. The van der Waals surface area contributed by atoms with Gasteiger partial charge in [0.2, 0.25) is 5.89 Å². The van der Waals surface area contributed by atoms with Gasteiger partial charge in [-0.1, -0.05) is 18.5 Å². The summed E-state index contributed by atoms with van der Waals surface area (Å²) in [5.74, 6) is 2.20. The summed E-state index contributed by atoms with van der Waals surface area (Å²) >= 11 is 1.69. The van der Waals surface area contributed by atoms with Gasteiger partial charge in [0.15, 0.2) is 5.82 Å². The van der Waals surface area contributed by atoms with E-state index in [0.717, 1.165) is 30.8 Å². The van der Waals surface area contributed by atoms with E-state index >= 15 is 0 Å². The molecule has 0 aliphatic heterocycles. The Morgan fingerprint density at radius 3 is 2.95 bits per heavy atom. The number of thioether (sulfide) groups is 1. The number of benzene rings is 1. The molecule has 1 aromatic heterocycles. The van der Waals surface area contributed by atoms with E-state index in [2.05, 4.69) is 24.0 Å². The molecule has 2 aromatic rings. The predicted molar refractivity (Wildman–Crippen MR) is 78.1 cm³/mol. The Morgan fingerprint density at radius 2 is 2.21 bits per heavy atom. The zero-order valence-corrected chi connectivity index (χ0v) is 12.2. The molecule has 5 heteroatoms. The number of hydrogen-bond acceptors (Lipinski definition) is 5. The maximum Gasteiger partial charge on any atom is 0.237 e. The summed E-state index contributed by atoms with van der Waals surface area (Å²) in [6.07, 6.45) is 3.14. The van der Waals surface area contributed by atoms with Crippen LogP contribution in [0.2, 0.25) is 0 Å². The van der Waals surface area contributed by atoms with E-state index in [4.69, 9.17) is 10.3 Å². The lowest BCUT2D eigenvalue weighted by Crippen LogP contribution is -1.89. The van der Waals surface area contributed by atoms with E-state index < -0.39 is 0 Å². The van der Waals surface area contributed by atoms with Crippen molar-refractivity contribution >= 4 is 17.4 Å². The highest BCUT2D eigenvalue weighted by molar-refractivity contribution is 7.98. The van der Waals surface area contributed by atoms with Crippen molar-refractivity contribution in [1.29, 1.82) is 0 Å². The molecule has 1 aromatic carbocycles. The van der Waals surface area contributed by atoms with Gasteiger partial charge in [0.25, 0.3) is 0 Å². The van der Waals surface area contributed by atoms with Gasteiger partial charge in [-0.3, -0.25) is 0 Å². The van der Waals surface area contributed by atoms with Gasteiger partial charge in [-0.05, 0) is 37.1 Å². The summed E-state index contributed by atoms with van der Waals surface area (Å²) in [6, 6.07) is 5.92. The molecule has 0 saturated heterocycles. The molecule has 102 valence electrons. The van der Waals surface area contributed by atoms with Gasteiger partial charge in [0.05, 0.1) is 5.75 Å². The third kappa shape index (κ3) is 3.99. The largest absolute Gasteiger partial charge is 0.399 e.